The van der Waals surface area contributed by atoms with Gasteiger partial charge in [-0.1, -0.05) is 69.2 Å². The van der Waals surface area contributed by atoms with Gasteiger partial charge in [-0.3, -0.25) is 0 Å². The predicted molar refractivity (Wildman–Crippen MR) is 127 cm³/mol. The molecule has 0 heterocycles. The van der Waals surface area contributed by atoms with Crippen LogP contribution in [0.25, 0.3) is 0 Å². The predicted octanol–water partition coefficient (Wildman–Crippen LogP) is 6.73. The third-order valence-electron chi connectivity index (χ3n) is 5.40. The van der Waals surface area contributed by atoms with Gasteiger partial charge in [0.25, 0.3) is 0 Å². The van der Waals surface area contributed by atoms with Crippen LogP contribution in [0.3, 0.4) is 0 Å². The van der Waals surface area contributed by atoms with Gasteiger partial charge in [0.05, 0.1) is 11.1 Å². The molecule has 3 rings (SSSR count). The van der Waals surface area contributed by atoms with E-state index in [9.17, 15) is 9.59 Å². The molecule has 32 heavy (non-hydrogen) atoms. The molecule has 0 spiro atoms. The highest BCUT2D eigenvalue weighted by Gasteiger charge is 2.23. The number of carbonyl (C=O) groups is 2. The molecule has 0 N–H and O–H groups in total. The first-order valence-corrected chi connectivity index (χ1v) is 11.2. The summed E-state index contributed by atoms with van der Waals surface area (Å²) in [5.74, 6) is -0.274. The van der Waals surface area contributed by atoms with Crippen LogP contribution in [0.15, 0.2) is 66.7 Å². The summed E-state index contributed by atoms with van der Waals surface area (Å²) >= 11 is 0. The molecule has 4 nitrogen and oxygen atoms in total. The number of aryl methyl sites for hydroxylation is 2. The van der Waals surface area contributed by atoms with E-state index in [2.05, 4.69) is 19.9 Å². The van der Waals surface area contributed by atoms with Gasteiger partial charge < -0.3 is 9.47 Å². The number of unbranched alkanes of at least 4 members (excludes halogenated alkanes) is 1. The highest BCUT2D eigenvalue weighted by molar-refractivity contribution is 5.93. The average molecular weight is 431 g/mol. The number of hydrogen-bond donors (Lipinski definition) is 0. The number of rotatable bonds is 9. The van der Waals surface area contributed by atoms with E-state index in [1.165, 1.54) is 0 Å². The molecule has 3 aromatic carbocycles. The van der Waals surface area contributed by atoms with Crippen LogP contribution in [0.2, 0.25) is 0 Å². The summed E-state index contributed by atoms with van der Waals surface area (Å²) in [6, 6.07) is 19.8. The second-order valence-electron chi connectivity index (χ2n) is 7.84. The van der Waals surface area contributed by atoms with Crippen LogP contribution in [-0.2, 0) is 12.8 Å². The summed E-state index contributed by atoms with van der Waals surface area (Å²) < 4.78 is 11.8. The maximum Gasteiger partial charge on any atom is 0.343 e. The standard InChI is InChI=1S/C28H30O4/c1-4-6-14-23-19-24(13-5-2)26(32-28(30)22-17-11-8-12-18-22)25(20(23)3)31-27(29)21-15-9-7-10-16-21/h7-12,15-19H,4-6,13-14H2,1-3H3. The molecule has 3 aromatic rings. The molecule has 4 heteroatoms. The van der Waals surface area contributed by atoms with E-state index in [4.69, 9.17) is 9.47 Å². The van der Waals surface area contributed by atoms with Crippen molar-refractivity contribution >= 4 is 11.9 Å². The first-order chi connectivity index (χ1) is 15.5. The van der Waals surface area contributed by atoms with Gasteiger partial charge in [-0.05, 0) is 67.1 Å². The lowest BCUT2D eigenvalue weighted by molar-refractivity contribution is 0.0680. The Bertz CT molecular complexity index is 1060. The Morgan fingerprint density at radius 1 is 0.688 bits per heavy atom. The summed E-state index contributed by atoms with van der Waals surface area (Å²) in [5.41, 5.74) is 3.72. The zero-order valence-corrected chi connectivity index (χ0v) is 19.0. The molecular formula is C28H30O4. The Morgan fingerprint density at radius 3 is 1.72 bits per heavy atom. The maximum absolute atomic E-state index is 12.9. The largest absolute Gasteiger partial charge is 0.419 e. The van der Waals surface area contributed by atoms with Crippen LogP contribution < -0.4 is 9.47 Å². The van der Waals surface area contributed by atoms with Crippen molar-refractivity contribution in [3.63, 3.8) is 0 Å². The summed E-state index contributed by atoms with van der Waals surface area (Å²) in [6.45, 7) is 6.15. The second kappa shape index (κ2) is 11.3. The minimum absolute atomic E-state index is 0.334. The van der Waals surface area contributed by atoms with Crippen molar-refractivity contribution in [2.24, 2.45) is 0 Å². The normalized spacial score (nSPS) is 10.6. The van der Waals surface area contributed by atoms with Gasteiger partial charge in [-0.2, -0.15) is 0 Å². The average Bonchev–Trinajstić information content (AvgIpc) is 2.83. The number of carbonyl (C=O) groups excluding carboxylic acids is 2. The molecule has 0 amide bonds. The SMILES string of the molecule is CCCCc1cc(CCC)c(OC(=O)c2ccccc2)c(OC(=O)c2ccccc2)c1C. The van der Waals surface area contributed by atoms with Crippen molar-refractivity contribution in [1.82, 2.24) is 0 Å². The number of ether oxygens (including phenoxy) is 2. The van der Waals surface area contributed by atoms with E-state index in [0.29, 0.717) is 29.0 Å². The summed E-state index contributed by atoms with van der Waals surface area (Å²) in [5, 5.41) is 0. The van der Waals surface area contributed by atoms with Crippen molar-refractivity contribution in [2.75, 3.05) is 0 Å². The Kier molecular flexibility index (Phi) is 8.20. The first kappa shape index (κ1) is 23.3. The lowest BCUT2D eigenvalue weighted by Crippen LogP contribution is -2.15. The third kappa shape index (κ3) is 5.64. The maximum atomic E-state index is 12.9. The second-order valence-corrected chi connectivity index (χ2v) is 7.84. The fourth-order valence-corrected chi connectivity index (χ4v) is 3.61. The molecule has 0 radical (unpaired) electrons. The van der Waals surface area contributed by atoms with E-state index >= 15 is 0 Å². The highest BCUT2D eigenvalue weighted by Crippen LogP contribution is 2.39. The summed E-state index contributed by atoms with van der Waals surface area (Å²) in [4.78, 5) is 25.8. The molecular weight excluding hydrogens is 400 g/mol. The van der Waals surface area contributed by atoms with Crippen molar-refractivity contribution in [1.29, 1.82) is 0 Å². The molecule has 0 aliphatic carbocycles. The van der Waals surface area contributed by atoms with Gasteiger partial charge in [0.15, 0.2) is 11.5 Å². The molecule has 0 bridgehead atoms. The Labute approximate surface area is 190 Å². The van der Waals surface area contributed by atoms with E-state index < -0.39 is 11.9 Å². The molecule has 0 unspecified atom stereocenters. The Balaban J connectivity index is 2.07. The number of hydrogen-bond acceptors (Lipinski definition) is 4. The highest BCUT2D eigenvalue weighted by atomic mass is 16.6. The van der Waals surface area contributed by atoms with Gasteiger partial charge in [0.2, 0.25) is 0 Å². The van der Waals surface area contributed by atoms with Gasteiger partial charge in [0, 0.05) is 0 Å². The van der Waals surface area contributed by atoms with Crippen molar-refractivity contribution in [3.05, 3.63) is 94.5 Å². The van der Waals surface area contributed by atoms with Gasteiger partial charge >= 0.3 is 11.9 Å². The zero-order chi connectivity index (χ0) is 22.9. The summed E-state index contributed by atoms with van der Waals surface area (Å²) in [6.07, 6.45) is 4.56. The fraction of sp³-hybridized carbons (Fsp3) is 0.286. The van der Waals surface area contributed by atoms with E-state index in [-0.39, 0.29) is 0 Å². The number of esters is 2. The zero-order valence-electron chi connectivity index (χ0n) is 19.0. The molecule has 0 aliphatic heterocycles. The monoisotopic (exact) mass is 430 g/mol. The van der Waals surface area contributed by atoms with Crippen molar-refractivity contribution < 1.29 is 19.1 Å². The van der Waals surface area contributed by atoms with Crippen LogP contribution in [-0.4, -0.2) is 11.9 Å². The first-order valence-electron chi connectivity index (χ1n) is 11.2. The quantitative estimate of drug-likeness (QED) is 0.279. The minimum Gasteiger partial charge on any atom is -0.419 e. The van der Waals surface area contributed by atoms with E-state index in [1.54, 1.807) is 48.5 Å². The molecule has 0 aliphatic rings. The van der Waals surface area contributed by atoms with Crippen molar-refractivity contribution in [2.45, 2.75) is 52.9 Å². The van der Waals surface area contributed by atoms with Gasteiger partial charge in [-0.25, -0.2) is 9.59 Å². The molecule has 166 valence electrons. The summed E-state index contributed by atoms with van der Waals surface area (Å²) in [7, 11) is 0. The Hall–Kier alpha value is -3.40. The van der Waals surface area contributed by atoms with E-state index in [0.717, 1.165) is 42.4 Å². The van der Waals surface area contributed by atoms with Gasteiger partial charge in [-0.15, -0.1) is 0 Å². The Morgan fingerprint density at radius 2 is 1.22 bits per heavy atom. The fourth-order valence-electron chi connectivity index (χ4n) is 3.61. The van der Waals surface area contributed by atoms with Crippen LogP contribution in [0.1, 0.15) is 70.5 Å². The number of benzene rings is 3. The van der Waals surface area contributed by atoms with Crippen LogP contribution >= 0.6 is 0 Å². The van der Waals surface area contributed by atoms with Crippen LogP contribution in [0, 0.1) is 6.92 Å². The minimum atomic E-state index is -0.472. The molecule has 0 saturated carbocycles. The van der Waals surface area contributed by atoms with Gasteiger partial charge in [0.1, 0.15) is 0 Å². The van der Waals surface area contributed by atoms with Crippen LogP contribution in [0.4, 0.5) is 0 Å². The lowest BCUT2D eigenvalue weighted by Gasteiger charge is -2.20. The molecule has 0 fully saturated rings. The molecule has 0 atom stereocenters. The van der Waals surface area contributed by atoms with Crippen molar-refractivity contribution in [3.8, 4) is 11.5 Å². The topological polar surface area (TPSA) is 52.6 Å². The molecule has 0 saturated heterocycles. The van der Waals surface area contributed by atoms with E-state index in [1.807, 2.05) is 19.1 Å². The van der Waals surface area contributed by atoms with Crippen LogP contribution in [0.5, 0.6) is 11.5 Å². The smallest absolute Gasteiger partial charge is 0.343 e. The third-order valence-corrected chi connectivity index (χ3v) is 5.40. The molecule has 0 aromatic heterocycles. The lowest BCUT2D eigenvalue weighted by atomic mass is 9.96.